The molecule has 0 aliphatic carbocycles. The molecule has 1 saturated heterocycles. The fraction of sp³-hybridized carbons (Fsp3) is 0.562. The Kier molecular flexibility index (Phi) is 6.50. The Bertz CT molecular complexity index is 547. The lowest BCUT2D eigenvalue weighted by atomic mass is 10.1. The summed E-state index contributed by atoms with van der Waals surface area (Å²) < 4.78 is 16.3. The molecule has 1 aliphatic rings. The highest BCUT2D eigenvalue weighted by atomic mass is 35.5. The number of primary amides is 1. The first-order chi connectivity index (χ1) is 11.0. The second-order valence-corrected chi connectivity index (χ2v) is 5.99. The second-order valence-electron chi connectivity index (χ2n) is 5.59. The van der Waals surface area contributed by atoms with Crippen LogP contribution in [-0.4, -0.2) is 38.4 Å². The Morgan fingerprint density at radius 1 is 1.57 bits per heavy atom. The highest BCUT2D eigenvalue weighted by molar-refractivity contribution is 6.32. The van der Waals surface area contributed by atoms with Gasteiger partial charge in [-0.15, -0.1) is 0 Å². The molecular formula is C16H23ClN2O4. The highest BCUT2D eigenvalue weighted by Crippen LogP contribution is 2.36. The number of benzene rings is 1. The van der Waals surface area contributed by atoms with Gasteiger partial charge in [-0.2, -0.15) is 0 Å². The minimum atomic E-state index is -0.570. The van der Waals surface area contributed by atoms with Crippen molar-refractivity contribution in [1.29, 1.82) is 0 Å². The van der Waals surface area contributed by atoms with Crippen LogP contribution in [0.3, 0.4) is 0 Å². The van der Waals surface area contributed by atoms with Crippen molar-refractivity contribution in [2.45, 2.75) is 38.5 Å². The summed E-state index contributed by atoms with van der Waals surface area (Å²) in [7, 11) is 1.52. The topological polar surface area (TPSA) is 82.8 Å². The van der Waals surface area contributed by atoms with E-state index in [0.717, 1.165) is 25.0 Å². The normalized spacial score (nSPS) is 18.7. The van der Waals surface area contributed by atoms with Crippen LogP contribution in [0, 0.1) is 0 Å². The number of nitrogens with two attached hydrogens (primary N) is 1. The van der Waals surface area contributed by atoms with Crippen molar-refractivity contribution in [2.75, 3.05) is 20.3 Å². The molecular weight excluding hydrogens is 320 g/mol. The van der Waals surface area contributed by atoms with E-state index in [1.807, 2.05) is 6.07 Å². The molecule has 1 aliphatic heterocycles. The summed E-state index contributed by atoms with van der Waals surface area (Å²) in [5.41, 5.74) is 6.04. The molecule has 2 unspecified atom stereocenters. The molecule has 1 amide bonds. The summed E-state index contributed by atoms with van der Waals surface area (Å²) in [5.74, 6) is 0.225. The van der Waals surface area contributed by atoms with Gasteiger partial charge in [0.1, 0.15) is 0 Å². The number of carbonyl (C=O) groups excluding carboxylic acids is 1. The number of methoxy groups -OCH3 is 1. The molecule has 0 bridgehead atoms. The summed E-state index contributed by atoms with van der Waals surface area (Å²) >= 11 is 6.23. The lowest BCUT2D eigenvalue weighted by Gasteiger charge is -2.20. The first-order valence-corrected chi connectivity index (χ1v) is 8.01. The molecule has 0 radical (unpaired) electrons. The number of nitrogens with one attached hydrogen (secondary N) is 1. The van der Waals surface area contributed by atoms with Crippen LogP contribution in [0.15, 0.2) is 12.1 Å². The summed E-state index contributed by atoms with van der Waals surface area (Å²) in [6.07, 6.45) is 2.45. The molecule has 1 aromatic rings. The van der Waals surface area contributed by atoms with Crippen LogP contribution in [0.25, 0.3) is 0 Å². The maximum atomic E-state index is 10.8. The Balaban J connectivity index is 2.01. The molecule has 1 heterocycles. The maximum absolute atomic E-state index is 10.8. The number of ether oxygens (including phenoxy) is 3. The van der Waals surface area contributed by atoms with Gasteiger partial charge in [0.05, 0.1) is 18.2 Å². The molecule has 2 rings (SSSR count). The predicted molar refractivity (Wildman–Crippen MR) is 88.0 cm³/mol. The van der Waals surface area contributed by atoms with E-state index in [1.165, 1.54) is 7.11 Å². The van der Waals surface area contributed by atoms with Gasteiger partial charge >= 0.3 is 0 Å². The first-order valence-electron chi connectivity index (χ1n) is 7.63. The van der Waals surface area contributed by atoms with Crippen molar-refractivity contribution in [2.24, 2.45) is 5.73 Å². The fourth-order valence-corrected chi connectivity index (χ4v) is 2.85. The standard InChI is InChI=1S/C16H23ClN2O4/c1-10(13-4-3-5-22-13)19-8-11-6-12(17)16(14(7-11)21-2)23-9-15(18)20/h6-7,10,13,19H,3-5,8-9H2,1-2H3,(H2,18,20). The van der Waals surface area contributed by atoms with Gasteiger partial charge in [-0.05, 0) is 37.5 Å². The van der Waals surface area contributed by atoms with Crippen molar-refractivity contribution in [3.05, 3.63) is 22.7 Å². The zero-order chi connectivity index (χ0) is 16.8. The minimum Gasteiger partial charge on any atom is -0.493 e. The van der Waals surface area contributed by atoms with E-state index >= 15 is 0 Å². The molecule has 2 atom stereocenters. The quantitative estimate of drug-likeness (QED) is 0.753. The van der Waals surface area contributed by atoms with Gasteiger partial charge in [0.15, 0.2) is 18.1 Å². The molecule has 7 heteroatoms. The monoisotopic (exact) mass is 342 g/mol. The summed E-state index contributed by atoms with van der Waals surface area (Å²) in [6.45, 7) is 3.33. The SMILES string of the molecule is COc1cc(CNC(C)C2CCCO2)cc(Cl)c1OCC(N)=O. The lowest BCUT2D eigenvalue weighted by molar-refractivity contribution is -0.119. The van der Waals surface area contributed by atoms with Crippen LogP contribution in [-0.2, 0) is 16.1 Å². The van der Waals surface area contributed by atoms with Gasteiger partial charge < -0.3 is 25.3 Å². The number of rotatable bonds is 8. The zero-order valence-electron chi connectivity index (χ0n) is 13.4. The zero-order valence-corrected chi connectivity index (χ0v) is 14.2. The Hall–Kier alpha value is -1.50. The van der Waals surface area contributed by atoms with Crippen molar-refractivity contribution < 1.29 is 19.0 Å². The second kappa shape index (κ2) is 8.38. The third-order valence-electron chi connectivity index (χ3n) is 3.80. The number of hydrogen-bond acceptors (Lipinski definition) is 5. The summed E-state index contributed by atoms with van der Waals surface area (Å²) in [5, 5.41) is 3.82. The lowest BCUT2D eigenvalue weighted by Crippen LogP contribution is -2.36. The van der Waals surface area contributed by atoms with Gasteiger partial charge in [-0.1, -0.05) is 11.6 Å². The molecule has 0 aromatic heterocycles. The molecule has 3 N–H and O–H groups in total. The van der Waals surface area contributed by atoms with Gasteiger partial charge in [-0.25, -0.2) is 0 Å². The number of halogens is 1. The summed E-state index contributed by atoms with van der Waals surface area (Å²) in [6, 6.07) is 3.88. The largest absolute Gasteiger partial charge is 0.493 e. The van der Waals surface area contributed by atoms with E-state index in [0.29, 0.717) is 23.1 Å². The molecule has 23 heavy (non-hydrogen) atoms. The molecule has 1 fully saturated rings. The van der Waals surface area contributed by atoms with Gasteiger partial charge in [0.2, 0.25) is 0 Å². The van der Waals surface area contributed by atoms with Crippen LogP contribution in [0.1, 0.15) is 25.3 Å². The first kappa shape index (κ1) is 17.8. The van der Waals surface area contributed by atoms with E-state index in [1.54, 1.807) is 6.07 Å². The van der Waals surface area contributed by atoms with E-state index in [2.05, 4.69) is 12.2 Å². The number of hydrogen-bond donors (Lipinski definition) is 2. The number of amides is 1. The number of carbonyl (C=O) groups is 1. The third kappa shape index (κ3) is 4.99. The van der Waals surface area contributed by atoms with Crippen LogP contribution in [0.4, 0.5) is 0 Å². The van der Waals surface area contributed by atoms with E-state index in [-0.39, 0.29) is 18.8 Å². The Morgan fingerprint density at radius 2 is 2.35 bits per heavy atom. The van der Waals surface area contributed by atoms with Crippen LogP contribution in [0.2, 0.25) is 5.02 Å². The molecule has 0 saturated carbocycles. The smallest absolute Gasteiger partial charge is 0.255 e. The van der Waals surface area contributed by atoms with Crippen LogP contribution in [0.5, 0.6) is 11.5 Å². The van der Waals surface area contributed by atoms with Gasteiger partial charge in [-0.3, -0.25) is 4.79 Å². The molecule has 1 aromatic carbocycles. The Labute approximate surface area is 141 Å². The highest BCUT2D eigenvalue weighted by Gasteiger charge is 2.22. The average Bonchev–Trinajstić information content (AvgIpc) is 3.05. The molecule has 6 nitrogen and oxygen atoms in total. The maximum Gasteiger partial charge on any atom is 0.255 e. The van der Waals surface area contributed by atoms with E-state index in [9.17, 15) is 4.79 Å². The average molecular weight is 343 g/mol. The van der Waals surface area contributed by atoms with Crippen molar-refractivity contribution in [3.8, 4) is 11.5 Å². The predicted octanol–water partition coefficient (Wildman–Crippen LogP) is 1.87. The van der Waals surface area contributed by atoms with Gasteiger partial charge in [0, 0.05) is 19.2 Å². The summed E-state index contributed by atoms with van der Waals surface area (Å²) in [4.78, 5) is 10.8. The minimum absolute atomic E-state index is 0.246. The van der Waals surface area contributed by atoms with Crippen LogP contribution < -0.4 is 20.5 Å². The van der Waals surface area contributed by atoms with Crippen molar-refractivity contribution >= 4 is 17.5 Å². The van der Waals surface area contributed by atoms with Crippen molar-refractivity contribution in [3.63, 3.8) is 0 Å². The third-order valence-corrected chi connectivity index (χ3v) is 4.08. The van der Waals surface area contributed by atoms with Crippen LogP contribution >= 0.6 is 11.6 Å². The van der Waals surface area contributed by atoms with Crippen molar-refractivity contribution in [1.82, 2.24) is 5.32 Å². The molecule has 128 valence electrons. The molecule has 0 spiro atoms. The fourth-order valence-electron chi connectivity index (χ4n) is 2.57. The van der Waals surface area contributed by atoms with E-state index < -0.39 is 5.91 Å². The van der Waals surface area contributed by atoms with Gasteiger partial charge in [0.25, 0.3) is 5.91 Å². The van der Waals surface area contributed by atoms with E-state index in [4.69, 9.17) is 31.5 Å². The Morgan fingerprint density at radius 3 is 2.96 bits per heavy atom.